The quantitative estimate of drug-likeness (QED) is 0.881. The number of aliphatic hydroxyl groups is 1. The van der Waals surface area contributed by atoms with Gasteiger partial charge >= 0.3 is 0 Å². The zero-order chi connectivity index (χ0) is 16.4. The van der Waals surface area contributed by atoms with Crippen LogP contribution >= 0.6 is 0 Å². The van der Waals surface area contributed by atoms with E-state index in [9.17, 15) is 9.90 Å². The van der Waals surface area contributed by atoms with Crippen molar-refractivity contribution in [2.75, 3.05) is 26.2 Å². The van der Waals surface area contributed by atoms with Gasteiger partial charge in [-0.1, -0.05) is 6.92 Å². The Morgan fingerprint density at radius 2 is 2.04 bits per heavy atom. The number of likely N-dealkylation sites (tertiary alicyclic amines) is 2. The van der Waals surface area contributed by atoms with Gasteiger partial charge in [0.1, 0.15) is 0 Å². The van der Waals surface area contributed by atoms with Crippen LogP contribution in [0.2, 0.25) is 0 Å². The first-order valence-corrected chi connectivity index (χ1v) is 8.85. The average molecular weight is 320 g/mol. The molecule has 2 fully saturated rings. The van der Waals surface area contributed by atoms with Gasteiger partial charge in [0.25, 0.3) is 5.91 Å². The van der Waals surface area contributed by atoms with Gasteiger partial charge in [0, 0.05) is 36.9 Å². The predicted octanol–water partition coefficient (Wildman–Crippen LogP) is 1.34. The van der Waals surface area contributed by atoms with Crippen molar-refractivity contribution >= 4 is 5.91 Å². The molecule has 2 aliphatic heterocycles. The zero-order valence-electron chi connectivity index (χ0n) is 14.2. The number of amides is 1. The SMILES string of the molecule is CCc1[nH]nc(C(=O)N2CCC(N3CCCC(O)C3)CC2)c1C. The predicted molar refractivity (Wildman–Crippen MR) is 88.4 cm³/mol. The lowest BCUT2D eigenvalue weighted by atomic mass is 9.98. The molecule has 0 radical (unpaired) electrons. The van der Waals surface area contributed by atoms with Gasteiger partial charge in [-0.15, -0.1) is 0 Å². The van der Waals surface area contributed by atoms with Gasteiger partial charge in [-0.3, -0.25) is 14.8 Å². The average Bonchev–Trinajstić information content (AvgIpc) is 2.95. The standard InChI is InChI=1S/C17H28N4O2/c1-3-15-12(2)16(19-18-15)17(23)20-9-6-13(7-10-20)21-8-4-5-14(22)11-21/h13-14,22H,3-11H2,1-2H3,(H,18,19). The minimum atomic E-state index is -0.178. The number of hydrogen-bond donors (Lipinski definition) is 2. The molecule has 1 unspecified atom stereocenters. The van der Waals surface area contributed by atoms with Crippen molar-refractivity contribution in [2.24, 2.45) is 0 Å². The van der Waals surface area contributed by atoms with Gasteiger partial charge in [-0.2, -0.15) is 5.10 Å². The fourth-order valence-corrected chi connectivity index (χ4v) is 3.89. The van der Waals surface area contributed by atoms with E-state index in [0.29, 0.717) is 11.7 Å². The van der Waals surface area contributed by atoms with Gasteiger partial charge < -0.3 is 10.0 Å². The van der Waals surface area contributed by atoms with Crippen molar-refractivity contribution in [3.8, 4) is 0 Å². The van der Waals surface area contributed by atoms with Gasteiger partial charge in [0.15, 0.2) is 5.69 Å². The molecule has 6 nitrogen and oxygen atoms in total. The van der Waals surface area contributed by atoms with E-state index in [-0.39, 0.29) is 12.0 Å². The highest BCUT2D eigenvalue weighted by Crippen LogP contribution is 2.22. The third-order valence-electron chi connectivity index (χ3n) is 5.36. The molecule has 1 aromatic heterocycles. The van der Waals surface area contributed by atoms with E-state index < -0.39 is 0 Å². The number of nitrogens with one attached hydrogen (secondary N) is 1. The van der Waals surface area contributed by atoms with E-state index in [1.807, 2.05) is 11.8 Å². The number of aliphatic hydroxyl groups excluding tert-OH is 1. The lowest BCUT2D eigenvalue weighted by molar-refractivity contribution is 0.0239. The molecule has 2 saturated heterocycles. The molecule has 128 valence electrons. The highest BCUT2D eigenvalue weighted by Gasteiger charge is 2.31. The second-order valence-electron chi connectivity index (χ2n) is 6.84. The number of piperidine rings is 2. The summed E-state index contributed by atoms with van der Waals surface area (Å²) >= 11 is 0. The number of aromatic nitrogens is 2. The molecular weight excluding hydrogens is 292 g/mol. The fraction of sp³-hybridized carbons (Fsp3) is 0.765. The largest absolute Gasteiger partial charge is 0.392 e. The van der Waals surface area contributed by atoms with Crippen LogP contribution in [0.15, 0.2) is 0 Å². The smallest absolute Gasteiger partial charge is 0.274 e. The Balaban J connectivity index is 1.58. The van der Waals surface area contributed by atoms with Crippen LogP contribution in [0.5, 0.6) is 0 Å². The Bertz CT molecular complexity index is 549. The second-order valence-corrected chi connectivity index (χ2v) is 6.84. The first kappa shape index (κ1) is 16.5. The fourth-order valence-electron chi connectivity index (χ4n) is 3.89. The molecule has 0 saturated carbocycles. The van der Waals surface area contributed by atoms with E-state index in [0.717, 1.165) is 69.5 Å². The Kier molecular flexibility index (Phi) is 5.02. The molecule has 0 spiro atoms. The summed E-state index contributed by atoms with van der Waals surface area (Å²) < 4.78 is 0. The van der Waals surface area contributed by atoms with Crippen LogP contribution in [0.1, 0.15) is 54.4 Å². The number of hydrogen-bond acceptors (Lipinski definition) is 4. The summed E-state index contributed by atoms with van der Waals surface area (Å²) in [5, 5.41) is 17.0. The minimum absolute atomic E-state index is 0.0515. The summed E-state index contributed by atoms with van der Waals surface area (Å²) in [5.74, 6) is 0.0515. The Hall–Kier alpha value is -1.40. The van der Waals surface area contributed by atoms with Crippen molar-refractivity contribution in [1.82, 2.24) is 20.0 Å². The number of H-pyrrole nitrogens is 1. The van der Waals surface area contributed by atoms with E-state index in [1.54, 1.807) is 0 Å². The maximum Gasteiger partial charge on any atom is 0.274 e. The van der Waals surface area contributed by atoms with Crippen LogP contribution in [-0.2, 0) is 6.42 Å². The molecule has 0 bridgehead atoms. The summed E-state index contributed by atoms with van der Waals surface area (Å²) in [5.41, 5.74) is 2.61. The van der Waals surface area contributed by atoms with Gasteiger partial charge in [0.05, 0.1) is 6.10 Å². The molecule has 23 heavy (non-hydrogen) atoms. The number of aryl methyl sites for hydroxylation is 1. The highest BCUT2D eigenvalue weighted by atomic mass is 16.3. The Morgan fingerprint density at radius 1 is 1.30 bits per heavy atom. The summed E-state index contributed by atoms with van der Waals surface area (Å²) in [6, 6.07) is 0.500. The zero-order valence-corrected chi connectivity index (χ0v) is 14.2. The molecule has 2 aliphatic rings. The third-order valence-corrected chi connectivity index (χ3v) is 5.36. The van der Waals surface area contributed by atoms with Gasteiger partial charge in [-0.25, -0.2) is 0 Å². The lowest BCUT2D eigenvalue weighted by Gasteiger charge is -2.41. The van der Waals surface area contributed by atoms with Crippen LogP contribution in [0.3, 0.4) is 0 Å². The lowest BCUT2D eigenvalue weighted by Crippen LogP contribution is -2.50. The molecule has 0 aromatic carbocycles. The number of aromatic amines is 1. The number of carbonyl (C=O) groups excluding carboxylic acids is 1. The molecule has 3 rings (SSSR count). The molecule has 6 heteroatoms. The van der Waals surface area contributed by atoms with Crippen LogP contribution in [0, 0.1) is 6.92 Å². The van der Waals surface area contributed by atoms with E-state index >= 15 is 0 Å². The second kappa shape index (κ2) is 7.01. The molecule has 2 N–H and O–H groups in total. The summed E-state index contributed by atoms with van der Waals surface area (Å²) in [6.45, 7) is 7.46. The van der Waals surface area contributed by atoms with E-state index in [2.05, 4.69) is 22.0 Å². The molecule has 1 amide bonds. The summed E-state index contributed by atoms with van der Waals surface area (Å²) in [7, 11) is 0. The first-order chi connectivity index (χ1) is 11.1. The van der Waals surface area contributed by atoms with E-state index in [1.165, 1.54) is 0 Å². The molecule has 3 heterocycles. The van der Waals surface area contributed by atoms with Crippen molar-refractivity contribution in [1.29, 1.82) is 0 Å². The van der Waals surface area contributed by atoms with Gasteiger partial charge in [-0.05, 0) is 45.6 Å². The van der Waals surface area contributed by atoms with Crippen LogP contribution < -0.4 is 0 Å². The number of nitrogens with zero attached hydrogens (tertiary/aromatic N) is 3. The molecule has 1 atom stereocenters. The van der Waals surface area contributed by atoms with Crippen molar-refractivity contribution in [2.45, 2.75) is 58.1 Å². The number of rotatable bonds is 3. The van der Waals surface area contributed by atoms with Crippen molar-refractivity contribution < 1.29 is 9.90 Å². The number of β-amino-alcohol motifs (C(OH)–C–C–N with tert-alkyl or cyclic N) is 1. The monoisotopic (exact) mass is 320 g/mol. The van der Waals surface area contributed by atoms with Crippen molar-refractivity contribution in [3.05, 3.63) is 17.0 Å². The van der Waals surface area contributed by atoms with Crippen LogP contribution in [-0.4, -0.2) is 69.3 Å². The van der Waals surface area contributed by atoms with Gasteiger partial charge in [0.2, 0.25) is 0 Å². The maximum absolute atomic E-state index is 12.7. The van der Waals surface area contributed by atoms with E-state index in [4.69, 9.17) is 0 Å². The normalized spacial score (nSPS) is 24.1. The summed E-state index contributed by atoms with van der Waals surface area (Å²) in [4.78, 5) is 17.0. The molecular formula is C17H28N4O2. The van der Waals surface area contributed by atoms with Crippen molar-refractivity contribution in [3.63, 3.8) is 0 Å². The maximum atomic E-state index is 12.7. The first-order valence-electron chi connectivity index (χ1n) is 8.85. The third kappa shape index (κ3) is 3.43. The number of carbonyl (C=O) groups is 1. The minimum Gasteiger partial charge on any atom is -0.392 e. The van der Waals surface area contributed by atoms with Crippen LogP contribution in [0.25, 0.3) is 0 Å². The molecule has 1 aromatic rings. The molecule has 0 aliphatic carbocycles. The Labute approximate surface area is 137 Å². The Morgan fingerprint density at radius 3 is 2.65 bits per heavy atom. The summed E-state index contributed by atoms with van der Waals surface area (Å²) in [6.07, 6.45) is 4.66. The topological polar surface area (TPSA) is 72.5 Å². The highest BCUT2D eigenvalue weighted by molar-refractivity contribution is 5.94. The van der Waals surface area contributed by atoms with Crippen LogP contribution in [0.4, 0.5) is 0 Å².